The summed E-state index contributed by atoms with van der Waals surface area (Å²) in [4.78, 5) is 12.9. The van der Waals surface area contributed by atoms with E-state index < -0.39 is 6.03 Å². The van der Waals surface area contributed by atoms with Crippen LogP contribution in [-0.4, -0.2) is 18.2 Å². The van der Waals surface area contributed by atoms with Crippen molar-refractivity contribution < 1.29 is 14.6 Å². The predicted octanol–water partition coefficient (Wildman–Crippen LogP) is 2.49. The summed E-state index contributed by atoms with van der Waals surface area (Å²) < 4.78 is 5.20. The second kappa shape index (κ2) is 5.84. The fourth-order valence-electron chi connectivity index (χ4n) is 1.96. The molecule has 0 radical (unpaired) electrons. The van der Waals surface area contributed by atoms with E-state index in [0.717, 1.165) is 4.90 Å². The Morgan fingerprint density at radius 2 is 2.00 bits per heavy atom. The van der Waals surface area contributed by atoms with E-state index in [2.05, 4.69) is 0 Å². The van der Waals surface area contributed by atoms with E-state index in [1.165, 1.54) is 25.3 Å². The average molecular weight is 283 g/mol. The molecule has 0 aromatic heterocycles. The molecule has 0 spiro atoms. The predicted molar refractivity (Wildman–Crippen MR) is 77.5 cm³/mol. The van der Waals surface area contributed by atoms with Gasteiger partial charge in [-0.25, -0.2) is 4.79 Å². The van der Waals surface area contributed by atoms with Crippen molar-refractivity contribution in [1.29, 1.82) is 5.26 Å². The molecule has 0 aliphatic rings. The average Bonchev–Trinajstić information content (AvgIpc) is 2.49. The number of hydrogen-bond donors (Lipinski definition) is 2. The van der Waals surface area contributed by atoms with Crippen LogP contribution in [0.4, 0.5) is 16.2 Å². The molecule has 21 heavy (non-hydrogen) atoms. The number of carbonyl (C=O) groups excluding carboxylic acids is 1. The number of amides is 2. The van der Waals surface area contributed by atoms with E-state index in [9.17, 15) is 9.90 Å². The van der Waals surface area contributed by atoms with Gasteiger partial charge in [-0.1, -0.05) is 12.1 Å². The topological polar surface area (TPSA) is 99.6 Å². The van der Waals surface area contributed by atoms with Crippen LogP contribution in [0.5, 0.6) is 11.5 Å². The van der Waals surface area contributed by atoms with E-state index in [4.69, 9.17) is 15.7 Å². The van der Waals surface area contributed by atoms with Gasteiger partial charge >= 0.3 is 6.03 Å². The van der Waals surface area contributed by atoms with Gasteiger partial charge in [-0.05, 0) is 30.3 Å². The fourth-order valence-corrected chi connectivity index (χ4v) is 1.96. The molecule has 0 atom stereocenters. The zero-order valence-electron chi connectivity index (χ0n) is 11.3. The van der Waals surface area contributed by atoms with Crippen molar-refractivity contribution in [2.75, 3.05) is 12.0 Å². The largest absolute Gasteiger partial charge is 0.506 e. The molecule has 0 bridgehead atoms. The number of nitrogens with zero attached hydrogens (tertiary/aromatic N) is 2. The molecule has 0 heterocycles. The number of methoxy groups -OCH3 is 1. The Morgan fingerprint density at radius 1 is 1.29 bits per heavy atom. The van der Waals surface area contributed by atoms with Crippen molar-refractivity contribution in [1.82, 2.24) is 0 Å². The lowest BCUT2D eigenvalue weighted by molar-refractivity contribution is 0.255. The summed E-state index contributed by atoms with van der Waals surface area (Å²) >= 11 is 0. The molecule has 0 unspecified atom stereocenters. The second-order valence-electron chi connectivity index (χ2n) is 4.16. The van der Waals surface area contributed by atoms with Gasteiger partial charge in [0, 0.05) is 0 Å². The van der Waals surface area contributed by atoms with Gasteiger partial charge in [0.1, 0.15) is 11.5 Å². The van der Waals surface area contributed by atoms with Crippen LogP contribution in [0, 0.1) is 11.3 Å². The standard InChI is InChI=1S/C15H13N3O3/c1-21-14-5-3-2-4-12(14)18(15(17)20)11-7-6-10(9-16)8-13(11)19/h2-8,19H,1H3,(H2,17,20). The zero-order valence-corrected chi connectivity index (χ0v) is 11.3. The second-order valence-corrected chi connectivity index (χ2v) is 4.16. The van der Waals surface area contributed by atoms with Crippen molar-refractivity contribution in [3.63, 3.8) is 0 Å². The Bertz CT molecular complexity index is 722. The lowest BCUT2D eigenvalue weighted by atomic mass is 10.1. The number of para-hydroxylation sites is 2. The number of aromatic hydroxyl groups is 1. The number of urea groups is 1. The molecule has 3 N–H and O–H groups in total. The van der Waals surface area contributed by atoms with Crippen molar-refractivity contribution >= 4 is 17.4 Å². The number of benzene rings is 2. The van der Waals surface area contributed by atoms with Crippen LogP contribution in [0.25, 0.3) is 0 Å². The number of rotatable bonds is 3. The van der Waals surface area contributed by atoms with Gasteiger partial charge in [0.2, 0.25) is 0 Å². The Morgan fingerprint density at radius 3 is 2.57 bits per heavy atom. The maximum Gasteiger partial charge on any atom is 0.324 e. The normalized spacial score (nSPS) is 9.71. The Labute approximate surface area is 121 Å². The number of primary amides is 1. The third-order valence-corrected chi connectivity index (χ3v) is 2.89. The Hall–Kier alpha value is -3.20. The van der Waals surface area contributed by atoms with E-state index >= 15 is 0 Å². The first-order chi connectivity index (χ1) is 10.1. The lowest BCUT2D eigenvalue weighted by Gasteiger charge is -2.23. The number of phenolic OH excluding ortho intramolecular Hbond substituents is 1. The molecule has 0 aliphatic heterocycles. The first-order valence-corrected chi connectivity index (χ1v) is 6.04. The maximum atomic E-state index is 11.8. The molecular formula is C15H13N3O3. The van der Waals surface area contributed by atoms with E-state index in [1.54, 1.807) is 24.3 Å². The Kier molecular flexibility index (Phi) is 3.95. The summed E-state index contributed by atoms with van der Waals surface area (Å²) in [5, 5.41) is 18.8. The van der Waals surface area contributed by atoms with E-state index in [-0.39, 0.29) is 17.0 Å². The van der Waals surface area contributed by atoms with Crippen LogP contribution in [0.2, 0.25) is 0 Å². The van der Waals surface area contributed by atoms with Crippen LogP contribution < -0.4 is 15.4 Å². The van der Waals surface area contributed by atoms with Gasteiger partial charge < -0.3 is 15.6 Å². The SMILES string of the molecule is COc1ccccc1N(C(N)=O)c1ccc(C#N)cc1O. The third-order valence-electron chi connectivity index (χ3n) is 2.89. The number of anilines is 2. The molecule has 0 aliphatic carbocycles. The first-order valence-electron chi connectivity index (χ1n) is 6.04. The quantitative estimate of drug-likeness (QED) is 0.903. The van der Waals surface area contributed by atoms with Gasteiger partial charge in [0.25, 0.3) is 0 Å². The number of phenols is 1. The molecule has 0 saturated heterocycles. The van der Waals surface area contributed by atoms with Gasteiger partial charge in [0.05, 0.1) is 30.1 Å². The molecule has 0 fully saturated rings. The highest BCUT2D eigenvalue weighted by atomic mass is 16.5. The highest BCUT2D eigenvalue weighted by molar-refractivity contribution is 6.01. The fraction of sp³-hybridized carbons (Fsp3) is 0.0667. The smallest absolute Gasteiger partial charge is 0.324 e. The number of carbonyl (C=O) groups is 1. The van der Waals surface area contributed by atoms with Crippen molar-refractivity contribution in [2.45, 2.75) is 0 Å². The third kappa shape index (κ3) is 2.72. The molecule has 2 rings (SSSR count). The summed E-state index contributed by atoms with van der Waals surface area (Å²) in [6.45, 7) is 0. The maximum absolute atomic E-state index is 11.8. The van der Waals surface area contributed by atoms with Crippen molar-refractivity contribution in [3.8, 4) is 17.6 Å². The van der Waals surface area contributed by atoms with Crippen LogP contribution >= 0.6 is 0 Å². The monoisotopic (exact) mass is 283 g/mol. The number of nitriles is 1. The zero-order chi connectivity index (χ0) is 15.4. The number of hydrogen-bond acceptors (Lipinski definition) is 4. The summed E-state index contributed by atoms with van der Waals surface area (Å²) in [5.41, 5.74) is 6.27. The molecule has 2 aromatic rings. The highest BCUT2D eigenvalue weighted by Gasteiger charge is 2.21. The van der Waals surface area contributed by atoms with Crippen molar-refractivity contribution in [2.24, 2.45) is 5.73 Å². The molecule has 6 nitrogen and oxygen atoms in total. The molecule has 2 amide bonds. The summed E-state index contributed by atoms with van der Waals surface area (Å²) in [6.07, 6.45) is 0. The summed E-state index contributed by atoms with van der Waals surface area (Å²) in [6, 6.07) is 12.1. The summed E-state index contributed by atoms with van der Waals surface area (Å²) in [7, 11) is 1.47. The van der Waals surface area contributed by atoms with Gasteiger partial charge in [-0.3, -0.25) is 4.90 Å². The van der Waals surface area contributed by atoms with E-state index in [1.807, 2.05) is 6.07 Å². The molecule has 6 heteroatoms. The lowest BCUT2D eigenvalue weighted by Crippen LogP contribution is -2.31. The first kappa shape index (κ1) is 14.2. The molecule has 2 aromatic carbocycles. The van der Waals surface area contributed by atoms with E-state index in [0.29, 0.717) is 11.4 Å². The van der Waals surface area contributed by atoms with Gasteiger partial charge in [-0.2, -0.15) is 5.26 Å². The minimum atomic E-state index is -0.778. The van der Waals surface area contributed by atoms with Gasteiger partial charge in [-0.15, -0.1) is 0 Å². The number of nitrogens with two attached hydrogens (primary N) is 1. The molecular weight excluding hydrogens is 270 g/mol. The molecule has 0 saturated carbocycles. The van der Waals surface area contributed by atoms with Crippen LogP contribution in [0.15, 0.2) is 42.5 Å². The highest BCUT2D eigenvalue weighted by Crippen LogP contribution is 2.38. The minimum absolute atomic E-state index is 0.172. The van der Waals surface area contributed by atoms with Gasteiger partial charge in [0.15, 0.2) is 0 Å². The summed E-state index contributed by atoms with van der Waals surface area (Å²) in [5.74, 6) is 0.207. The van der Waals surface area contributed by atoms with Crippen LogP contribution in [-0.2, 0) is 0 Å². The Balaban J connectivity index is 2.60. The minimum Gasteiger partial charge on any atom is -0.506 e. The van der Waals surface area contributed by atoms with Crippen molar-refractivity contribution in [3.05, 3.63) is 48.0 Å². The van der Waals surface area contributed by atoms with Crippen LogP contribution in [0.1, 0.15) is 5.56 Å². The number of ether oxygens (including phenoxy) is 1. The van der Waals surface area contributed by atoms with Crippen LogP contribution in [0.3, 0.4) is 0 Å². The molecule has 106 valence electrons.